The van der Waals surface area contributed by atoms with E-state index in [1.807, 2.05) is 11.3 Å². The molecule has 0 spiro atoms. The number of hydrogen-bond donors (Lipinski definition) is 1. The Morgan fingerprint density at radius 1 is 1.44 bits per heavy atom. The molecule has 1 aliphatic heterocycles. The molecular weight excluding hydrogens is 330 g/mol. The summed E-state index contributed by atoms with van der Waals surface area (Å²) in [5.41, 5.74) is 1.92. The fraction of sp³-hybridized carbons (Fsp3) is 0.714. The van der Waals surface area contributed by atoms with Crippen molar-refractivity contribution in [1.29, 1.82) is 0 Å². The van der Waals surface area contributed by atoms with E-state index < -0.39 is 6.10 Å². The van der Waals surface area contributed by atoms with E-state index in [0.29, 0.717) is 30.6 Å². The number of rotatable bonds is 7. The average Bonchev–Trinajstić information content (AvgIpc) is 3.26. The average molecular weight is 362 g/mol. The Kier molecular flexibility index (Phi) is 5.07. The van der Waals surface area contributed by atoms with Crippen molar-refractivity contribution in [3.63, 3.8) is 0 Å². The Labute approximate surface area is 155 Å². The zero-order chi connectivity index (χ0) is 17.4. The highest BCUT2D eigenvalue weighted by Gasteiger charge is 2.50. The smallest absolute Gasteiger partial charge is 0.0900 e. The lowest BCUT2D eigenvalue weighted by molar-refractivity contribution is -0.0265. The molecule has 0 aromatic carbocycles. The van der Waals surface area contributed by atoms with E-state index in [0.717, 1.165) is 19.0 Å². The van der Waals surface area contributed by atoms with Gasteiger partial charge in [-0.2, -0.15) is 0 Å². The number of aliphatic hydroxyl groups is 1. The molecule has 2 fully saturated rings. The fourth-order valence-electron chi connectivity index (χ4n) is 5.12. The second-order valence-corrected chi connectivity index (χ2v) is 9.64. The van der Waals surface area contributed by atoms with E-state index in [1.54, 1.807) is 0 Å². The summed E-state index contributed by atoms with van der Waals surface area (Å²) in [5, 5.41) is 12.6. The molecule has 5 rings (SSSR count). The largest absolute Gasteiger partial charge is 0.389 e. The van der Waals surface area contributed by atoms with Crippen LogP contribution in [0.25, 0.3) is 0 Å². The minimum Gasteiger partial charge on any atom is -0.389 e. The van der Waals surface area contributed by atoms with E-state index in [4.69, 9.17) is 4.74 Å². The number of thiophene rings is 1. The molecule has 3 nitrogen and oxygen atoms in total. The molecule has 1 N–H and O–H groups in total. The predicted molar refractivity (Wildman–Crippen MR) is 103 cm³/mol. The van der Waals surface area contributed by atoms with Gasteiger partial charge in [-0.1, -0.05) is 26.0 Å². The Bertz CT molecular complexity index is 609. The van der Waals surface area contributed by atoms with Gasteiger partial charge in [-0.25, -0.2) is 0 Å². The molecule has 4 aliphatic rings. The third kappa shape index (κ3) is 3.46. The Morgan fingerprint density at radius 2 is 2.32 bits per heavy atom. The van der Waals surface area contributed by atoms with Gasteiger partial charge >= 0.3 is 0 Å². The first-order valence-electron chi connectivity index (χ1n) is 9.78. The highest BCUT2D eigenvalue weighted by atomic mass is 32.1. The second kappa shape index (κ2) is 7.15. The van der Waals surface area contributed by atoms with Gasteiger partial charge in [-0.3, -0.25) is 4.90 Å². The Hall–Kier alpha value is -0.680. The summed E-state index contributed by atoms with van der Waals surface area (Å²) in [6, 6.07) is 4.84. The summed E-state index contributed by atoms with van der Waals surface area (Å²) in [4.78, 5) is 3.86. The van der Waals surface area contributed by atoms with E-state index in [9.17, 15) is 5.11 Å². The Morgan fingerprint density at radius 3 is 3.04 bits per heavy atom. The number of allylic oxidation sites excluding steroid dienone is 1. The molecule has 1 saturated heterocycles. The maximum atomic E-state index is 10.5. The fourth-order valence-corrected chi connectivity index (χ4v) is 6.02. The van der Waals surface area contributed by atoms with Crippen LogP contribution in [0, 0.1) is 17.3 Å². The molecule has 2 bridgehead atoms. The molecule has 4 atom stereocenters. The van der Waals surface area contributed by atoms with Gasteiger partial charge in [0.15, 0.2) is 0 Å². The zero-order valence-corrected chi connectivity index (χ0v) is 16.3. The SMILES string of the molecule is CC1(C)C2CC=C(COCC(O)CN3CCCC3c3cccs3)C1C2. The molecule has 4 unspecified atom stereocenters. The van der Waals surface area contributed by atoms with Gasteiger partial charge in [-0.05, 0) is 66.5 Å². The lowest BCUT2D eigenvalue weighted by Gasteiger charge is -2.56. The summed E-state index contributed by atoms with van der Waals surface area (Å²) < 4.78 is 5.92. The first-order chi connectivity index (χ1) is 12.1. The molecule has 1 aromatic heterocycles. The van der Waals surface area contributed by atoms with Crippen LogP contribution in [-0.4, -0.2) is 42.4 Å². The maximum absolute atomic E-state index is 10.5. The van der Waals surface area contributed by atoms with Crippen molar-refractivity contribution >= 4 is 11.3 Å². The molecule has 4 heteroatoms. The monoisotopic (exact) mass is 361 g/mol. The van der Waals surface area contributed by atoms with Crippen LogP contribution in [0.1, 0.15) is 50.4 Å². The number of fused-ring (bicyclic) bond motifs is 1. The highest BCUT2D eigenvalue weighted by molar-refractivity contribution is 7.10. The van der Waals surface area contributed by atoms with Crippen molar-refractivity contribution in [2.24, 2.45) is 17.3 Å². The number of ether oxygens (including phenoxy) is 1. The van der Waals surface area contributed by atoms with Gasteiger partial charge in [0, 0.05) is 17.5 Å². The Balaban J connectivity index is 1.23. The van der Waals surface area contributed by atoms with Gasteiger partial charge in [-0.15, -0.1) is 11.3 Å². The van der Waals surface area contributed by atoms with Crippen LogP contribution in [0.3, 0.4) is 0 Å². The minimum atomic E-state index is -0.396. The summed E-state index contributed by atoms with van der Waals surface area (Å²) in [6.45, 7) is 7.74. The van der Waals surface area contributed by atoms with Gasteiger partial charge in [0.25, 0.3) is 0 Å². The normalized spacial score (nSPS) is 32.3. The summed E-state index contributed by atoms with van der Waals surface area (Å²) in [7, 11) is 0. The van der Waals surface area contributed by atoms with Crippen molar-refractivity contribution in [2.75, 3.05) is 26.3 Å². The number of β-amino-alcohol motifs (C(OH)–C–C–N with tert-alkyl or cyclic N) is 1. The van der Waals surface area contributed by atoms with Crippen LogP contribution in [0.15, 0.2) is 29.2 Å². The van der Waals surface area contributed by atoms with Crippen molar-refractivity contribution in [3.05, 3.63) is 34.0 Å². The number of nitrogens with zero attached hydrogens (tertiary/aromatic N) is 1. The number of aliphatic hydroxyl groups excluding tert-OH is 1. The quantitative estimate of drug-likeness (QED) is 0.737. The van der Waals surface area contributed by atoms with Gasteiger partial charge < -0.3 is 9.84 Å². The third-order valence-corrected chi connectivity index (χ3v) is 7.82. The van der Waals surface area contributed by atoms with E-state index in [1.165, 1.54) is 36.1 Å². The second-order valence-electron chi connectivity index (χ2n) is 8.66. The van der Waals surface area contributed by atoms with Gasteiger partial charge in [0.2, 0.25) is 0 Å². The molecule has 25 heavy (non-hydrogen) atoms. The zero-order valence-electron chi connectivity index (χ0n) is 15.5. The first-order valence-corrected chi connectivity index (χ1v) is 10.7. The summed E-state index contributed by atoms with van der Waals surface area (Å²) >= 11 is 1.83. The standard InChI is InChI=1S/C21H31NO2S/c1-21(2)16-8-7-15(18(21)11-16)13-24-14-17(23)12-22-9-3-5-19(22)20-6-4-10-25-20/h4,6-7,10,16-19,23H,3,5,8-9,11-14H2,1-2H3. The van der Waals surface area contributed by atoms with Crippen LogP contribution in [-0.2, 0) is 4.74 Å². The van der Waals surface area contributed by atoms with E-state index in [2.05, 4.69) is 42.3 Å². The van der Waals surface area contributed by atoms with Crippen molar-refractivity contribution in [1.82, 2.24) is 4.90 Å². The van der Waals surface area contributed by atoms with Crippen molar-refractivity contribution in [2.45, 2.75) is 51.7 Å². The molecule has 1 saturated carbocycles. The molecule has 138 valence electrons. The first kappa shape index (κ1) is 17.7. The van der Waals surface area contributed by atoms with Crippen LogP contribution >= 0.6 is 11.3 Å². The number of likely N-dealkylation sites (tertiary alicyclic amines) is 1. The van der Waals surface area contributed by atoms with Gasteiger partial charge in [0.1, 0.15) is 0 Å². The van der Waals surface area contributed by atoms with E-state index >= 15 is 0 Å². The lowest BCUT2D eigenvalue weighted by atomic mass is 9.49. The van der Waals surface area contributed by atoms with Crippen LogP contribution < -0.4 is 0 Å². The molecule has 0 amide bonds. The van der Waals surface area contributed by atoms with Crippen LogP contribution in [0.2, 0.25) is 0 Å². The molecule has 0 radical (unpaired) electrons. The maximum Gasteiger partial charge on any atom is 0.0900 e. The van der Waals surface area contributed by atoms with Crippen molar-refractivity contribution in [3.8, 4) is 0 Å². The molecule has 2 heterocycles. The van der Waals surface area contributed by atoms with Gasteiger partial charge in [0.05, 0.1) is 19.3 Å². The van der Waals surface area contributed by atoms with E-state index in [-0.39, 0.29) is 0 Å². The summed E-state index contributed by atoms with van der Waals surface area (Å²) in [5.74, 6) is 1.57. The predicted octanol–water partition coefficient (Wildman–Crippen LogP) is 4.25. The van der Waals surface area contributed by atoms with Crippen LogP contribution in [0.4, 0.5) is 0 Å². The molecular formula is C21H31NO2S. The highest BCUT2D eigenvalue weighted by Crippen LogP contribution is 2.59. The van der Waals surface area contributed by atoms with Crippen molar-refractivity contribution < 1.29 is 9.84 Å². The topological polar surface area (TPSA) is 32.7 Å². The van der Waals surface area contributed by atoms with Crippen LogP contribution in [0.5, 0.6) is 0 Å². The molecule has 3 aliphatic carbocycles. The lowest BCUT2D eigenvalue weighted by Crippen LogP contribution is -2.48. The minimum absolute atomic E-state index is 0.396. The molecule has 1 aromatic rings. The third-order valence-electron chi connectivity index (χ3n) is 6.84. The number of hydrogen-bond acceptors (Lipinski definition) is 4. The summed E-state index contributed by atoms with van der Waals surface area (Å²) in [6.07, 6.45) is 6.97.